The van der Waals surface area contributed by atoms with Crippen molar-refractivity contribution in [1.82, 2.24) is 10.6 Å². The number of nitrogens with one attached hydrogen (secondary N) is 2. The van der Waals surface area contributed by atoms with Crippen LogP contribution in [0.2, 0.25) is 0 Å². The molecule has 0 spiro atoms. The first-order valence-corrected chi connectivity index (χ1v) is 5.70. The van der Waals surface area contributed by atoms with Crippen LogP contribution in [-0.2, 0) is 9.59 Å². The van der Waals surface area contributed by atoms with Crippen LogP contribution in [0, 0.1) is 5.92 Å². The van der Waals surface area contributed by atoms with Gasteiger partial charge in [-0.25, -0.2) is 0 Å². The van der Waals surface area contributed by atoms with Crippen LogP contribution in [0.25, 0.3) is 0 Å². The first kappa shape index (κ1) is 12.0. The van der Waals surface area contributed by atoms with Crippen molar-refractivity contribution in [3.63, 3.8) is 0 Å². The van der Waals surface area contributed by atoms with Crippen molar-refractivity contribution in [2.24, 2.45) is 5.92 Å². The zero-order valence-corrected chi connectivity index (χ0v) is 9.51. The Kier molecular flexibility index (Phi) is 4.59. The molecule has 1 saturated carbocycles. The van der Waals surface area contributed by atoms with Crippen molar-refractivity contribution >= 4 is 11.8 Å². The summed E-state index contributed by atoms with van der Waals surface area (Å²) in [5, 5.41) is 5.47. The number of hydrogen-bond donors (Lipinski definition) is 2. The van der Waals surface area contributed by atoms with Gasteiger partial charge in [0.1, 0.15) is 0 Å². The predicted octanol–water partition coefficient (Wildman–Crippen LogP) is 0.817. The lowest BCUT2D eigenvalue weighted by atomic mass is 9.85. The summed E-state index contributed by atoms with van der Waals surface area (Å²) in [6, 6.07) is 0.179. The molecule has 0 aliphatic heterocycles. The molecule has 2 amide bonds. The molecule has 1 fully saturated rings. The van der Waals surface area contributed by atoms with Gasteiger partial charge in [-0.15, -0.1) is 0 Å². The molecule has 0 bridgehead atoms. The van der Waals surface area contributed by atoms with E-state index in [0.29, 0.717) is 0 Å². The van der Waals surface area contributed by atoms with Gasteiger partial charge < -0.3 is 10.6 Å². The van der Waals surface area contributed by atoms with E-state index in [-0.39, 0.29) is 30.3 Å². The lowest BCUT2D eigenvalue weighted by molar-refractivity contribution is -0.130. The molecule has 1 rings (SSSR count). The molecule has 15 heavy (non-hydrogen) atoms. The van der Waals surface area contributed by atoms with E-state index < -0.39 is 0 Å². The molecular formula is C11H20N2O2. The van der Waals surface area contributed by atoms with Gasteiger partial charge in [0.15, 0.2) is 0 Å². The summed E-state index contributed by atoms with van der Waals surface area (Å²) in [4.78, 5) is 22.7. The lowest BCUT2D eigenvalue weighted by Gasteiger charge is -2.24. The van der Waals surface area contributed by atoms with E-state index in [9.17, 15) is 9.59 Å². The highest BCUT2D eigenvalue weighted by atomic mass is 16.2. The summed E-state index contributed by atoms with van der Waals surface area (Å²) >= 11 is 0. The Bertz CT molecular complexity index is 237. The maximum atomic E-state index is 11.4. The third-order valence-corrected chi connectivity index (χ3v) is 2.92. The van der Waals surface area contributed by atoms with Crippen LogP contribution in [-0.4, -0.2) is 24.4 Å². The molecule has 0 aromatic carbocycles. The summed E-state index contributed by atoms with van der Waals surface area (Å²) in [5.41, 5.74) is 0. The van der Waals surface area contributed by atoms with E-state index in [1.807, 2.05) is 13.8 Å². The van der Waals surface area contributed by atoms with Crippen molar-refractivity contribution < 1.29 is 9.59 Å². The monoisotopic (exact) mass is 212 g/mol. The summed E-state index contributed by atoms with van der Waals surface area (Å²) < 4.78 is 0. The van der Waals surface area contributed by atoms with Gasteiger partial charge in [-0.1, -0.05) is 13.3 Å². The average molecular weight is 212 g/mol. The standard InChI is InChI=1S/C11H20N2O2/c1-3-8(2)13-10(14)7-12-11(15)9-5-4-6-9/h8-9H,3-7H2,1-2H3,(H,12,15)(H,13,14). The van der Waals surface area contributed by atoms with Crippen LogP contribution in [0.4, 0.5) is 0 Å². The van der Waals surface area contributed by atoms with Crippen molar-refractivity contribution in [2.45, 2.75) is 45.6 Å². The fourth-order valence-corrected chi connectivity index (χ4v) is 1.41. The van der Waals surface area contributed by atoms with Crippen LogP contribution in [0.3, 0.4) is 0 Å². The molecule has 4 nitrogen and oxygen atoms in total. The SMILES string of the molecule is CCC(C)NC(=O)CNC(=O)C1CCC1. The van der Waals surface area contributed by atoms with E-state index in [2.05, 4.69) is 10.6 Å². The Morgan fingerprint density at radius 2 is 2.07 bits per heavy atom. The average Bonchev–Trinajstić information content (AvgIpc) is 2.11. The molecule has 0 radical (unpaired) electrons. The highest BCUT2D eigenvalue weighted by molar-refractivity contribution is 5.86. The molecular weight excluding hydrogens is 192 g/mol. The minimum absolute atomic E-state index is 0.0283. The zero-order chi connectivity index (χ0) is 11.3. The number of carbonyl (C=O) groups excluding carboxylic acids is 2. The molecule has 0 heterocycles. The molecule has 1 atom stereocenters. The van der Waals surface area contributed by atoms with Crippen LogP contribution >= 0.6 is 0 Å². The largest absolute Gasteiger partial charge is 0.352 e. The fraction of sp³-hybridized carbons (Fsp3) is 0.818. The van der Waals surface area contributed by atoms with Crippen molar-refractivity contribution in [3.8, 4) is 0 Å². The Labute approximate surface area is 90.8 Å². The first-order chi connectivity index (χ1) is 7.13. The molecule has 1 unspecified atom stereocenters. The van der Waals surface area contributed by atoms with Gasteiger partial charge >= 0.3 is 0 Å². The van der Waals surface area contributed by atoms with E-state index >= 15 is 0 Å². The Morgan fingerprint density at radius 1 is 1.40 bits per heavy atom. The van der Waals surface area contributed by atoms with E-state index in [0.717, 1.165) is 25.7 Å². The topological polar surface area (TPSA) is 58.2 Å². The normalized spacial score (nSPS) is 17.7. The Morgan fingerprint density at radius 3 is 2.53 bits per heavy atom. The fourth-order valence-electron chi connectivity index (χ4n) is 1.41. The zero-order valence-electron chi connectivity index (χ0n) is 9.51. The quantitative estimate of drug-likeness (QED) is 0.708. The predicted molar refractivity (Wildman–Crippen MR) is 58.2 cm³/mol. The maximum absolute atomic E-state index is 11.4. The van der Waals surface area contributed by atoms with Crippen LogP contribution in [0.1, 0.15) is 39.5 Å². The molecule has 4 heteroatoms. The second-order valence-electron chi connectivity index (χ2n) is 4.22. The van der Waals surface area contributed by atoms with Gasteiger partial charge in [-0.2, -0.15) is 0 Å². The van der Waals surface area contributed by atoms with E-state index in [1.165, 1.54) is 0 Å². The molecule has 1 aliphatic rings. The van der Waals surface area contributed by atoms with E-state index in [4.69, 9.17) is 0 Å². The van der Waals surface area contributed by atoms with Crippen molar-refractivity contribution in [3.05, 3.63) is 0 Å². The minimum atomic E-state index is -0.1000. The summed E-state index contributed by atoms with van der Waals surface area (Å²) in [6.45, 7) is 4.07. The number of hydrogen-bond acceptors (Lipinski definition) is 2. The number of rotatable bonds is 5. The first-order valence-electron chi connectivity index (χ1n) is 5.70. The molecule has 2 N–H and O–H groups in total. The molecule has 1 aliphatic carbocycles. The van der Waals surface area contributed by atoms with Gasteiger partial charge in [-0.05, 0) is 26.2 Å². The molecule has 0 aromatic heterocycles. The second kappa shape index (κ2) is 5.73. The van der Waals surface area contributed by atoms with Gasteiger partial charge in [-0.3, -0.25) is 9.59 Å². The van der Waals surface area contributed by atoms with Crippen LogP contribution < -0.4 is 10.6 Å². The van der Waals surface area contributed by atoms with Crippen LogP contribution in [0.15, 0.2) is 0 Å². The Hall–Kier alpha value is -1.06. The van der Waals surface area contributed by atoms with Gasteiger partial charge in [0.25, 0.3) is 0 Å². The third kappa shape index (κ3) is 3.90. The van der Waals surface area contributed by atoms with Gasteiger partial charge in [0.2, 0.25) is 11.8 Å². The Balaban J connectivity index is 2.12. The molecule has 86 valence electrons. The summed E-state index contributed by atoms with van der Waals surface area (Å²) in [5.74, 6) is 0.0824. The minimum Gasteiger partial charge on any atom is -0.352 e. The summed E-state index contributed by atoms with van der Waals surface area (Å²) in [6.07, 6.45) is 3.98. The maximum Gasteiger partial charge on any atom is 0.239 e. The third-order valence-electron chi connectivity index (χ3n) is 2.92. The highest BCUT2D eigenvalue weighted by Crippen LogP contribution is 2.25. The molecule has 0 aromatic rings. The second-order valence-corrected chi connectivity index (χ2v) is 4.22. The van der Waals surface area contributed by atoms with Gasteiger partial charge in [0, 0.05) is 12.0 Å². The number of amides is 2. The van der Waals surface area contributed by atoms with Crippen molar-refractivity contribution in [2.75, 3.05) is 6.54 Å². The van der Waals surface area contributed by atoms with Crippen molar-refractivity contribution in [1.29, 1.82) is 0 Å². The highest BCUT2D eigenvalue weighted by Gasteiger charge is 2.25. The summed E-state index contributed by atoms with van der Waals surface area (Å²) in [7, 11) is 0. The molecule has 0 saturated heterocycles. The van der Waals surface area contributed by atoms with Gasteiger partial charge in [0.05, 0.1) is 6.54 Å². The number of carbonyl (C=O) groups is 2. The van der Waals surface area contributed by atoms with Crippen LogP contribution in [0.5, 0.6) is 0 Å². The smallest absolute Gasteiger partial charge is 0.239 e. The lowest BCUT2D eigenvalue weighted by Crippen LogP contribution is -2.43. The van der Waals surface area contributed by atoms with E-state index in [1.54, 1.807) is 0 Å².